The van der Waals surface area contributed by atoms with Crippen LogP contribution < -0.4 is 10.2 Å². The number of halogens is 1. The normalized spacial score (nSPS) is 16.4. The monoisotopic (exact) mass is 352 g/mol. The molecule has 1 saturated carbocycles. The lowest BCUT2D eigenvalue weighted by atomic mass is 9.93. The third-order valence-electron chi connectivity index (χ3n) is 4.41. The maximum Gasteiger partial charge on any atom is 0.0415 e. The molecule has 0 unspecified atom stereocenters. The number of nitrogens with zero attached hydrogens (tertiary/aromatic N) is 1. The summed E-state index contributed by atoms with van der Waals surface area (Å²) in [4.78, 5) is 2.63. The van der Waals surface area contributed by atoms with Gasteiger partial charge in [-0.1, -0.05) is 49.0 Å². The first-order valence-electron chi connectivity index (χ1n) is 8.40. The number of anilines is 1. The number of nitrogens with one attached hydrogen (secondary N) is 1. The van der Waals surface area contributed by atoms with Gasteiger partial charge in [0, 0.05) is 35.3 Å². The van der Waals surface area contributed by atoms with Crippen LogP contribution in [0.25, 0.3) is 0 Å². The van der Waals surface area contributed by atoms with Gasteiger partial charge in [0.05, 0.1) is 0 Å². The van der Waals surface area contributed by atoms with Crippen molar-refractivity contribution in [3.05, 3.63) is 28.2 Å². The Morgan fingerprint density at radius 3 is 2.57 bits per heavy atom. The topological polar surface area (TPSA) is 15.3 Å². The maximum atomic E-state index is 3.62. The van der Waals surface area contributed by atoms with Crippen LogP contribution in [0.5, 0.6) is 0 Å². The molecule has 0 atom stereocenters. The van der Waals surface area contributed by atoms with E-state index >= 15 is 0 Å². The molecule has 0 spiro atoms. The highest BCUT2D eigenvalue weighted by atomic mass is 79.9. The quantitative estimate of drug-likeness (QED) is 0.765. The fourth-order valence-corrected chi connectivity index (χ4v) is 3.72. The molecule has 21 heavy (non-hydrogen) atoms. The van der Waals surface area contributed by atoms with Gasteiger partial charge in [0.15, 0.2) is 0 Å². The van der Waals surface area contributed by atoms with Crippen molar-refractivity contribution in [2.45, 2.75) is 71.5 Å². The average Bonchev–Trinajstić information content (AvgIpc) is 2.48. The molecule has 1 aliphatic carbocycles. The van der Waals surface area contributed by atoms with E-state index in [0.29, 0.717) is 6.04 Å². The van der Waals surface area contributed by atoms with E-state index in [1.807, 2.05) is 0 Å². The summed E-state index contributed by atoms with van der Waals surface area (Å²) in [7, 11) is 0. The van der Waals surface area contributed by atoms with Crippen molar-refractivity contribution >= 4 is 21.6 Å². The number of hydrogen-bond acceptors (Lipinski definition) is 2. The first kappa shape index (κ1) is 16.8. The lowest BCUT2D eigenvalue weighted by molar-refractivity contribution is 0.417. The third-order valence-corrected chi connectivity index (χ3v) is 4.90. The minimum absolute atomic E-state index is 0.515. The lowest BCUT2D eigenvalue weighted by Crippen LogP contribution is -2.37. The van der Waals surface area contributed by atoms with E-state index < -0.39 is 0 Å². The SMILES string of the molecule is CCN(c1ccc(Br)cc1CNC(C)C)C1CCCCC1. The molecular weight excluding hydrogens is 324 g/mol. The maximum absolute atomic E-state index is 3.62. The van der Waals surface area contributed by atoms with Crippen LogP contribution in [0.2, 0.25) is 0 Å². The zero-order valence-electron chi connectivity index (χ0n) is 13.7. The van der Waals surface area contributed by atoms with Crippen LogP contribution in [0, 0.1) is 0 Å². The van der Waals surface area contributed by atoms with E-state index in [2.05, 4.69) is 65.1 Å². The first-order valence-corrected chi connectivity index (χ1v) is 9.19. The number of hydrogen-bond donors (Lipinski definition) is 1. The van der Waals surface area contributed by atoms with Crippen molar-refractivity contribution in [3.63, 3.8) is 0 Å². The Labute approximate surface area is 138 Å². The van der Waals surface area contributed by atoms with Gasteiger partial charge in [0.25, 0.3) is 0 Å². The summed E-state index contributed by atoms with van der Waals surface area (Å²) in [5.41, 5.74) is 2.83. The average molecular weight is 353 g/mol. The highest BCUT2D eigenvalue weighted by Gasteiger charge is 2.22. The Hall–Kier alpha value is -0.540. The largest absolute Gasteiger partial charge is 0.369 e. The summed E-state index contributed by atoms with van der Waals surface area (Å²) in [6.45, 7) is 8.74. The van der Waals surface area contributed by atoms with Crippen molar-refractivity contribution in [2.75, 3.05) is 11.4 Å². The Morgan fingerprint density at radius 2 is 1.95 bits per heavy atom. The second-order valence-electron chi connectivity index (χ2n) is 6.39. The highest BCUT2D eigenvalue weighted by Crippen LogP contribution is 2.31. The van der Waals surface area contributed by atoms with Gasteiger partial charge in [0.2, 0.25) is 0 Å². The van der Waals surface area contributed by atoms with E-state index in [4.69, 9.17) is 0 Å². The van der Waals surface area contributed by atoms with Crippen molar-refractivity contribution in [1.29, 1.82) is 0 Å². The zero-order valence-corrected chi connectivity index (χ0v) is 15.2. The second kappa shape index (κ2) is 8.19. The van der Waals surface area contributed by atoms with Crippen LogP contribution >= 0.6 is 15.9 Å². The molecule has 1 N–H and O–H groups in total. The van der Waals surface area contributed by atoms with E-state index in [-0.39, 0.29) is 0 Å². The Bertz CT molecular complexity index is 439. The summed E-state index contributed by atoms with van der Waals surface area (Å²) >= 11 is 3.62. The number of benzene rings is 1. The predicted octanol–water partition coefficient (Wildman–Crippen LogP) is 5.11. The van der Waals surface area contributed by atoms with Crippen molar-refractivity contribution in [1.82, 2.24) is 5.32 Å². The molecule has 0 aromatic heterocycles. The molecule has 1 fully saturated rings. The molecule has 1 aromatic carbocycles. The minimum atomic E-state index is 0.515. The second-order valence-corrected chi connectivity index (χ2v) is 7.30. The molecule has 0 radical (unpaired) electrons. The van der Waals surface area contributed by atoms with Gasteiger partial charge >= 0.3 is 0 Å². The molecule has 3 heteroatoms. The van der Waals surface area contributed by atoms with Gasteiger partial charge in [-0.15, -0.1) is 0 Å². The van der Waals surface area contributed by atoms with Gasteiger partial charge in [-0.3, -0.25) is 0 Å². The number of rotatable bonds is 6. The van der Waals surface area contributed by atoms with Gasteiger partial charge in [-0.2, -0.15) is 0 Å². The Kier molecular flexibility index (Phi) is 6.56. The fraction of sp³-hybridized carbons (Fsp3) is 0.667. The summed E-state index contributed by atoms with van der Waals surface area (Å²) in [6.07, 6.45) is 6.88. The molecule has 0 amide bonds. The summed E-state index contributed by atoms with van der Waals surface area (Å²) in [5.74, 6) is 0. The molecule has 0 heterocycles. The molecule has 118 valence electrons. The van der Waals surface area contributed by atoms with E-state index in [1.165, 1.54) is 47.8 Å². The van der Waals surface area contributed by atoms with Crippen LogP contribution in [0.1, 0.15) is 58.4 Å². The molecular formula is C18H29BrN2. The molecule has 1 aromatic rings. The van der Waals surface area contributed by atoms with E-state index in [9.17, 15) is 0 Å². The molecule has 1 aliphatic rings. The molecule has 0 aliphatic heterocycles. The van der Waals surface area contributed by atoms with Gasteiger partial charge < -0.3 is 10.2 Å². The van der Waals surface area contributed by atoms with Crippen LogP contribution in [-0.2, 0) is 6.54 Å². The smallest absolute Gasteiger partial charge is 0.0415 e. The summed E-state index contributed by atoms with van der Waals surface area (Å²) < 4.78 is 1.17. The molecule has 0 saturated heterocycles. The van der Waals surface area contributed by atoms with E-state index in [1.54, 1.807) is 0 Å². The predicted molar refractivity (Wildman–Crippen MR) is 96.0 cm³/mol. The third kappa shape index (κ3) is 4.72. The minimum Gasteiger partial charge on any atom is -0.369 e. The Morgan fingerprint density at radius 1 is 1.24 bits per heavy atom. The van der Waals surface area contributed by atoms with Crippen molar-refractivity contribution < 1.29 is 0 Å². The van der Waals surface area contributed by atoms with Gasteiger partial charge in [-0.25, -0.2) is 0 Å². The molecule has 0 bridgehead atoms. The van der Waals surface area contributed by atoms with Gasteiger partial charge in [-0.05, 0) is 43.5 Å². The van der Waals surface area contributed by atoms with Crippen molar-refractivity contribution in [3.8, 4) is 0 Å². The summed E-state index contributed by atoms with van der Waals surface area (Å²) in [5, 5.41) is 3.56. The first-order chi connectivity index (χ1) is 10.1. The van der Waals surface area contributed by atoms with Gasteiger partial charge in [0.1, 0.15) is 0 Å². The Balaban J connectivity index is 2.22. The standard InChI is InChI=1S/C18H29BrN2/c1-4-21(17-8-6-5-7-9-17)18-11-10-16(19)12-15(18)13-20-14(2)3/h10-12,14,17,20H,4-9,13H2,1-3H3. The molecule has 2 rings (SSSR count). The zero-order chi connectivity index (χ0) is 15.2. The molecule has 2 nitrogen and oxygen atoms in total. The van der Waals surface area contributed by atoms with Crippen LogP contribution in [0.15, 0.2) is 22.7 Å². The summed E-state index contributed by atoms with van der Waals surface area (Å²) in [6, 6.07) is 7.99. The van der Waals surface area contributed by atoms with E-state index in [0.717, 1.165) is 19.1 Å². The van der Waals surface area contributed by atoms with Crippen molar-refractivity contribution in [2.24, 2.45) is 0 Å². The van der Waals surface area contributed by atoms with Crippen LogP contribution in [0.3, 0.4) is 0 Å². The van der Waals surface area contributed by atoms with Crippen LogP contribution in [0.4, 0.5) is 5.69 Å². The fourth-order valence-electron chi connectivity index (χ4n) is 3.31. The van der Waals surface area contributed by atoms with Crippen LogP contribution in [-0.4, -0.2) is 18.6 Å². The lowest BCUT2D eigenvalue weighted by Gasteiger charge is -2.37. The highest BCUT2D eigenvalue weighted by molar-refractivity contribution is 9.10.